The van der Waals surface area contributed by atoms with E-state index in [0.717, 1.165) is 42.9 Å². The number of methoxy groups -OCH3 is 1. The fraction of sp³-hybridized carbons (Fsp3) is 0.440. The van der Waals surface area contributed by atoms with Crippen molar-refractivity contribution in [3.05, 3.63) is 53.6 Å². The van der Waals surface area contributed by atoms with E-state index in [2.05, 4.69) is 17.9 Å². The lowest BCUT2D eigenvalue weighted by Crippen LogP contribution is -2.50. The molecule has 0 N–H and O–H groups in total. The minimum Gasteiger partial charge on any atom is -0.497 e. The fourth-order valence-corrected chi connectivity index (χ4v) is 4.66. The first-order valence-electron chi connectivity index (χ1n) is 11.1. The van der Waals surface area contributed by atoms with E-state index >= 15 is 0 Å². The average molecular weight is 422 g/mol. The van der Waals surface area contributed by atoms with Gasteiger partial charge < -0.3 is 19.4 Å². The van der Waals surface area contributed by atoms with Crippen LogP contribution in [0.15, 0.2) is 42.5 Å². The Bertz CT molecular complexity index is 966. The highest BCUT2D eigenvalue weighted by Crippen LogP contribution is 2.33. The van der Waals surface area contributed by atoms with Gasteiger partial charge in [-0.2, -0.15) is 0 Å². The van der Waals surface area contributed by atoms with Gasteiger partial charge in [-0.1, -0.05) is 18.2 Å². The summed E-state index contributed by atoms with van der Waals surface area (Å²) >= 11 is 0. The standard InChI is InChI=1S/C25H31N3O3/c1-4-26(2)23-17-20(31-3)10-11-21(23)25(30)27-15-13-19(14-16-27)28-22-8-6-5-7-18(22)9-12-24(28)29/h5-8,10-11,17,19H,4,9,12-16H2,1-3H3. The molecule has 0 saturated carbocycles. The third-order valence-electron chi connectivity index (χ3n) is 6.57. The van der Waals surface area contributed by atoms with Crippen molar-refractivity contribution in [3.8, 4) is 5.75 Å². The number of fused-ring (bicyclic) bond motifs is 1. The summed E-state index contributed by atoms with van der Waals surface area (Å²) in [6.45, 7) is 4.16. The first-order valence-corrected chi connectivity index (χ1v) is 11.1. The average Bonchev–Trinajstić information content (AvgIpc) is 2.82. The summed E-state index contributed by atoms with van der Waals surface area (Å²) in [5, 5.41) is 0. The molecule has 0 aromatic heterocycles. The molecule has 0 bridgehead atoms. The fourth-order valence-electron chi connectivity index (χ4n) is 4.66. The molecule has 164 valence electrons. The van der Waals surface area contributed by atoms with Crippen molar-refractivity contribution in [2.75, 3.05) is 43.6 Å². The Kier molecular flexibility index (Phi) is 6.16. The summed E-state index contributed by atoms with van der Waals surface area (Å²) in [7, 11) is 3.62. The van der Waals surface area contributed by atoms with Gasteiger partial charge in [0.15, 0.2) is 0 Å². The molecule has 2 aliphatic heterocycles. The van der Waals surface area contributed by atoms with Crippen LogP contribution in [-0.4, -0.2) is 56.5 Å². The second-order valence-electron chi connectivity index (χ2n) is 8.31. The van der Waals surface area contributed by atoms with Gasteiger partial charge in [0.2, 0.25) is 5.91 Å². The molecule has 0 radical (unpaired) electrons. The highest BCUT2D eigenvalue weighted by atomic mass is 16.5. The van der Waals surface area contributed by atoms with Crippen LogP contribution in [0, 0.1) is 0 Å². The summed E-state index contributed by atoms with van der Waals surface area (Å²) in [6.07, 6.45) is 2.96. The molecule has 31 heavy (non-hydrogen) atoms. The number of hydrogen-bond donors (Lipinski definition) is 0. The van der Waals surface area contributed by atoms with E-state index in [0.29, 0.717) is 25.1 Å². The number of carbonyl (C=O) groups is 2. The molecule has 2 amide bonds. The van der Waals surface area contributed by atoms with Crippen LogP contribution in [0.2, 0.25) is 0 Å². The number of piperidine rings is 1. The topological polar surface area (TPSA) is 53.1 Å². The number of nitrogens with zero attached hydrogens (tertiary/aromatic N) is 3. The van der Waals surface area contributed by atoms with Crippen LogP contribution < -0.4 is 14.5 Å². The van der Waals surface area contributed by atoms with E-state index in [-0.39, 0.29) is 17.9 Å². The second-order valence-corrected chi connectivity index (χ2v) is 8.31. The number of benzene rings is 2. The number of para-hydroxylation sites is 1. The normalized spacial score (nSPS) is 16.8. The molecule has 6 nitrogen and oxygen atoms in total. The molecule has 2 aromatic carbocycles. The molecule has 1 saturated heterocycles. The molecule has 2 heterocycles. The molecule has 0 atom stereocenters. The maximum Gasteiger partial charge on any atom is 0.255 e. The van der Waals surface area contributed by atoms with Crippen LogP contribution >= 0.6 is 0 Å². The smallest absolute Gasteiger partial charge is 0.255 e. The number of hydrogen-bond acceptors (Lipinski definition) is 4. The van der Waals surface area contributed by atoms with Gasteiger partial charge in [-0.15, -0.1) is 0 Å². The minimum atomic E-state index is 0.0433. The molecule has 6 heteroatoms. The lowest BCUT2D eigenvalue weighted by atomic mass is 9.95. The molecule has 0 aliphatic carbocycles. The van der Waals surface area contributed by atoms with E-state index in [4.69, 9.17) is 4.74 Å². The van der Waals surface area contributed by atoms with Crippen molar-refractivity contribution in [3.63, 3.8) is 0 Å². The second kappa shape index (κ2) is 9.00. The van der Waals surface area contributed by atoms with E-state index in [1.807, 2.05) is 53.2 Å². The Hall–Kier alpha value is -3.02. The summed E-state index contributed by atoms with van der Waals surface area (Å²) < 4.78 is 5.36. The molecule has 2 aliphatic rings. The minimum absolute atomic E-state index is 0.0433. The number of anilines is 2. The predicted molar refractivity (Wildman–Crippen MR) is 123 cm³/mol. The maximum absolute atomic E-state index is 13.4. The number of likely N-dealkylation sites (tertiary alicyclic amines) is 1. The summed E-state index contributed by atoms with van der Waals surface area (Å²) in [6, 6.07) is 14.0. The Labute approximate surface area is 184 Å². The highest BCUT2D eigenvalue weighted by molar-refractivity contribution is 6.00. The van der Waals surface area contributed by atoms with Crippen LogP contribution in [0.25, 0.3) is 0 Å². The zero-order valence-corrected chi connectivity index (χ0v) is 18.6. The largest absolute Gasteiger partial charge is 0.497 e. The van der Waals surface area contributed by atoms with E-state index in [9.17, 15) is 9.59 Å². The Morgan fingerprint density at radius 3 is 2.58 bits per heavy atom. The molecule has 0 unspecified atom stereocenters. The summed E-state index contributed by atoms with van der Waals surface area (Å²) in [5.74, 6) is 0.986. The van der Waals surface area contributed by atoms with Crippen LogP contribution in [-0.2, 0) is 11.2 Å². The van der Waals surface area contributed by atoms with Crippen LogP contribution in [0.5, 0.6) is 5.75 Å². The van der Waals surface area contributed by atoms with Crippen LogP contribution in [0.3, 0.4) is 0 Å². The van der Waals surface area contributed by atoms with Crippen LogP contribution in [0.4, 0.5) is 11.4 Å². The third-order valence-corrected chi connectivity index (χ3v) is 6.57. The van der Waals surface area contributed by atoms with Gasteiger partial charge >= 0.3 is 0 Å². The molecule has 4 rings (SSSR count). The molecule has 0 spiro atoms. The monoisotopic (exact) mass is 421 g/mol. The van der Waals surface area contributed by atoms with Crippen molar-refractivity contribution < 1.29 is 14.3 Å². The van der Waals surface area contributed by atoms with Crippen molar-refractivity contribution in [2.45, 2.75) is 38.6 Å². The van der Waals surface area contributed by atoms with Gasteiger partial charge in [0.05, 0.1) is 18.4 Å². The van der Waals surface area contributed by atoms with Crippen molar-refractivity contribution in [1.82, 2.24) is 4.90 Å². The molecule has 2 aromatic rings. The van der Waals surface area contributed by atoms with E-state index in [1.54, 1.807) is 7.11 Å². The maximum atomic E-state index is 13.4. The number of rotatable bonds is 5. The Balaban J connectivity index is 1.50. The summed E-state index contributed by atoms with van der Waals surface area (Å²) in [5.41, 5.74) is 3.87. The van der Waals surface area contributed by atoms with Crippen molar-refractivity contribution >= 4 is 23.2 Å². The summed E-state index contributed by atoms with van der Waals surface area (Å²) in [4.78, 5) is 32.1. The molecule has 1 fully saturated rings. The van der Waals surface area contributed by atoms with E-state index in [1.165, 1.54) is 5.56 Å². The van der Waals surface area contributed by atoms with Crippen LogP contribution in [0.1, 0.15) is 42.1 Å². The molecular weight excluding hydrogens is 390 g/mol. The quantitative estimate of drug-likeness (QED) is 0.738. The van der Waals surface area contributed by atoms with Gasteiger partial charge in [-0.3, -0.25) is 9.59 Å². The van der Waals surface area contributed by atoms with Gasteiger partial charge in [0.25, 0.3) is 5.91 Å². The van der Waals surface area contributed by atoms with Gasteiger partial charge in [0, 0.05) is 50.9 Å². The number of carbonyl (C=O) groups excluding carboxylic acids is 2. The molecular formula is C25H31N3O3. The number of amides is 2. The Morgan fingerprint density at radius 1 is 1.13 bits per heavy atom. The first-order chi connectivity index (χ1) is 15.0. The Morgan fingerprint density at radius 2 is 1.87 bits per heavy atom. The van der Waals surface area contributed by atoms with Gasteiger partial charge in [-0.05, 0) is 49.9 Å². The zero-order valence-electron chi connectivity index (χ0n) is 18.6. The van der Waals surface area contributed by atoms with Gasteiger partial charge in [0.1, 0.15) is 5.75 Å². The highest BCUT2D eigenvalue weighted by Gasteiger charge is 2.34. The number of aryl methyl sites for hydroxylation is 1. The first kappa shape index (κ1) is 21.2. The van der Waals surface area contributed by atoms with Gasteiger partial charge in [-0.25, -0.2) is 0 Å². The van der Waals surface area contributed by atoms with Crippen molar-refractivity contribution in [1.29, 1.82) is 0 Å². The zero-order chi connectivity index (χ0) is 22.0. The van der Waals surface area contributed by atoms with E-state index < -0.39 is 0 Å². The van der Waals surface area contributed by atoms with Crippen molar-refractivity contribution in [2.24, 2.45) is 0 Å². The lowest BCUT2D eigenvalue weighted by Gasteiger charge is -2.41. The number of ether oxygens (including phenoxy) is 1. The SMILES string of the molecule is CCN(C)c1cc(OC)ccc1C(=O)N1CCC(N2C(=O)CCc3ccccc32)CC1. The lowest BCUT2D eigenvalue weighted by molar-refractivity contribution is -0.119. The third kappa shape index (κ3) is 4.11. The predicted octanol–water partition coefficient (Wildman–Crippen LogP) is 3.74.